The Morgan fingerprint density at radius 3 is 1.46 bits per heavy atom. The van der Waals surface area contributed by atoms with Gasteiger partial charge in [0, 0.05) is 0 Å². The van der Waals surface area contributed by atoms with Crippen LogP contribution in [0, 0.1) is 13.8 Å². The second-order valence-corrected chi connectivity index (χ2v) is 5.90. The third-order valence-corrected chi connectivity index (χ3v) is 4.22. The second kappa shape index (κ2) is 6.36. The van der Waals surface area contributed by atoms with Gasteiger partial charge in [0.15, 0.2) is 5.78 Å². The highest BCUT2D eigenvalue weighted by molar-refractivity contribution is 6.14. The summed E-state index contributed by atoms with van der Waals surface area (Å²) in [5, 5.41) is 16.7. The Balaban J connectivity index is 1.94. The summed E-state index contributed by atoms with van der Waals surface area (Å²) in [7, 11) is 0. The van der Waals surface area contributed by atoms with Crippen LogP contribution in [0.25, 0.3) is 11.4 Å². The molecule has 0 aliphatic heterocycles. The van der Waals surface area contributed by atoms with E-state index in [1.807, 2.05) is 50.2 Å². The van der Waals surface area contributed by atoms with Gasteiger partial charge in [-0.25, -0.2) is 0 Å². The summed E-state index contributed by atoms with van der Waals surface area (Å²) in [5.41, 5.74) is 4.11. The molecule has 0 saturated carbocycles. The maximum absolute atomic E-state index is 13.6. The quantitative estimate of drug-likeness (QED) is 0.532. The first-order valence-electron chi connectivity index (χ1n) is 8.14. The van der Waals surface area contributed by atoms with Gasteiger partial charge in [-0.2, -0.15) is 30.0 Å². The summed E-state index contributed by atoms with van der Waals surface area (Å²) in [6.45, 7) is 3.81. The van der Waals surface area contributed by atoms with E-state index in [1.165, 1.54) is 9.59 Å². The lowest BCUT2D eigenvalue weighted by atomic mass is 9.93. The van der Waals surface area contributed by atoms with E-state index < -0.39 is 0 Å². The van der Waals surface area contributed by atoms with E-state index >= 15 is 0 Å². The van der Waals surface area contributed by atoms with Crippen LogP contribution in [0.4, 0.5) is 0 Å². The third kappa shape index (κ3) is 2.59. The van der Waals surface area contributed by atoms with Gasteiger partial charge in [0.25, 0.3) is 0 Å². The minimum atomic E-state index is -0.110. The van der Waals surface area contributed by atoms with Gasteiger partial charge < -0.3 is 0 Å². The number of nitrogens with zero attached hydrogens (tertiary/aromatic N) is 6. The number of carbonyl (C=O) groups excluding carboxylic acids is 1. The summed E-state index contributed by atoms with van der Waals surface area (Å²) in [6.07, 6.45) is 6.35. The number of ketones is 1. The van der Waals surface area contributed by atoms with Crippen molar-refractivity contribution in [1.29, 1.82) is 0 Å². The predicted molar refractivity (Wildman–Crippen MR) is 95.6 cm³/mol. The fourth-order valence-electron chi connectivity index (χ4n) is 3.03. The van der Waals surface area contributed by atoms with Crippen molar-refractivity contribution in [3.8, 4) is 11.4 Å². The van der Waals surface area contributed by atoms with Gasteiger partial charge in [0.2, 0.25) is 0 Å². The van der Waals surface area contributed by atoms with Gasteiger partial charge in [0.1, 0.15) is 0 Å². The SMILES string of the molecule is Cc1cccc(-n2nccn2)c1C(=O)c1c(C)cccc1-n1nccn1. The smallest absolute Gasteiger partial charge is 0.198 e. The topological polar surface area (TPSA) is 78.5 Å². The lowest BCUT2D eigenvalue weighted by Crippen LogP contribution is -2.16. The molecule has 0 atom stereocenters. The van der Waals surface area contributed by atoms with Crippen molar-refractivity contribution in [2.24, 2.45) is 0 Å². The maximum atomic E-state index is 13.6. The van der Waals surface area contributed by atoms with Crippen molar-refractivity contribution in [3.05, 3.63) is 83.4 Å². The Labute approximate surface area is 149 Å². The molecule has 7 heteroatoms. The van der Waals surface area contributed by atoms with E-state index in [0.29, 0.717) is 22.5 Å². The zero-order valence-corrected chi connectivity index (χ0v) is 14.4. The van der Waals surface area contributed by atoms with Gasteiger partial charge >= 0.3 is 0 Å². The number of benzene rings is 2. The first kappa shape index (κ1) is 15.9. The molecule has 0 aliphatic carbocycles. The first-order chi connectivity index (χ1) is 12.7. The summed E-state index contributed by atoms with van der Waals surface area (Å²) >= 11 is 0. The molecule has 2 aromatic carbocycles. The Bertz CT molecular complexity index is 982. The molecule has 2 aromatic heterocycles. The van der Waals surface area contributed by atoms with Crippen LogP contribution in [-0.4, -0.2) is 35.8 Å². The number of aromatic nitrogens is 6. The average Bonchev–Trinajstić information content (AvgIpc) is 3.34. The monoisotopic (exact) mass is 344 g/mol. The zero-order chi connectivity index (χ0) is 18.1. The number of rotatable bonds is 4. The molecule has 0 bridgehead atoms. The fraction of sp³-hybridized carbons (Fsp3) is 0.105. The molecular weight excluding hydrogens is 328 g/mol. The largest absolute Gasteiger partial charge is 0.288 e. The maximum Gasteiger partial charge on any atom is 0.198 e. The summed E-state index contributed by atoms with van der Waals surface area (Å²) < 4.78 is 0. The number of hydrogen-bond acceptors (Lipinski definition) is 5. The van der Waals surface area contributed by atoms with Crippen molar-refractivity contribution in [1.82, 2.24) is 30.0 Å². The van der Waals surface area contributed by atoms with E-state index in [-0.39, 0.29) is 5.78 Å². The standard InChI is InChI=1S/C19H16N6O/c1-13-5-3-7-15(24-20-9-10-21-24)17(13)19(26)18-14(2)6-4-8-16(18)25-22-11-12-23-25/h3-12H,1-2H3. The minimum Gasteiger partial charge on any atom is -0.288 e. The number of carbonyl (C=O) groups is 1. The second-order valence-electron chi connectivity index (χ2n) is 5.90. The molecule has 0 unspecified atom stereocenters. The molecule has 2 heterocycles. The van der Waals surface area contributed by atoms with Crippen molar-refractivity contribution in [2.75, 3.05) is 0 Å². The van der Waals surface area contributed by atoms with E-state index in [4.69, 9.17) is 0 Å². The molecule has 4 aromatic rings. The van der Waals surface area contributed by atoms with Crippen molar-refractivity contribution < 1.29 is 4.79 Å². The zero-order valence-electron chi connectivity index (χ0n) is 14.4. The van der Waals surface area contributed by atoms with Crippen LogP contribution in [0.5, 0.6) is 0 Å². The number of hydrogen-bond donors (Lipinski definition) is 0. The van der Waals surface area contributed by atoms with Crippen LogP contribution >= 0.6 is 0 Å². The summed E-state index contributed by atoms with van der Waals surface area (Å²) in [6, 6.07) is 11.3. The van der Waals surface area contributed by atoms with Crippen molar-refractivity contribution in [3.63, 3.8) is 0 Å². The van der Waals surface area contributed by atoms with Crippen LogP contribution in [0.1, 0.15) is 27.0 Å². The lowest BCUT2D eigenvalue weighted by molar-refractivity contribution is 0.103. The van der Waals surface area contributed by atoms with Gasteiger partial charge in [-0.05, 0) is 37.1 Å². The normalized spacial score (nSPS) is 10.8. The van der Waals surface area contributed by atoms with E-state index in [0.717, 1.165) is 11.1 Å². The average molecular weight is 344 g/mol. The van der Waals surface area contributed by atoms with E-state index in [9.17, 15) is 4.79 Å². The Morgan fingerprint density at radius 1 is 0.692 bits per heavy atom. The molecule has 4 rings (SSSR count). The minimum absolute atomic E-state index is 0.110. The summed E-state index contributed by atoms with van der Waals surface area (Å²) in [4.78, 5) is 16.5. The van der Waals surface area contributed by atoms with E-state index in [2.05, 4.69) is 20.4 Å². The highest BCUT2D eigenvalue weighted by atomic mass is 16.1. The highest BCUT2D eigenvalue weighted by Crippen LogP contribution is 2.26. The molecule has 0 saturated heterocycles. The number of aryl methyl sites for hydroxylation is 2. The third-order valence-electron chi connectivity index (χ3n) is 4.22. The molecule has 0 N–H and O–H groups in total. The van der Waals surface area contributed by atoms with Crippen molar-refractivity contribution >= 4 is 5.78 Å². The van der Waals surface area contributed by atoms with Crippen LogP contribution in [-0.2, 0) is 0 Å². The Hall–Kier alpha value is -3.61. The van der Waals surface area contributed by atoms with Crippen LogP contribution in [0.2, 0.25) is 0 Å². The predicted octanol–water partition coefficient (Wildman–Crippen LogP) is 2.70. The van der Waals surface area contributed by atoms with Gasteiger partial charge in [-0.1, -0.05) is 24.3 Å². The van der Waals surface area contributed by atoms with Crippen LogP contribution in [0.3, 0.4) is 0 Å². The Morgan fingerprint density at radius 2 is 1.08 bits per heavy atom. The molecule has 0 fully saturated rings. The fourth-order valence-corrected chi connectivity index (χ4v) is 3.03. The lowest BCUT2D eigenvalue weighted by Gasteiger charge is -2.15. The molecule has 128 valence electrons. The summed E-state index contributed by atoms with van der Waals surface area (Å²) in [5.74, 6) is -0.110. The molecular formula is C19H16N6O. The first-order valence-corrected chi connectivity index (χ1v) is 8.14. The van der Waals surface area contributed by atoms with Crippen molar-refractivity contribution in [2.45, 2.75) is 13.8 Å². The van der Waals surface area contributed by atoms with Crippen LogP contribution < -0.4 is 0 Å². The molecule has 26 heavy (non-hydrogen) atoms. The molecule has 0 spiro atoms. The molecule has 0 aliphatic rings. The molecule has 0 radical (unpaired) electrons. The molecule has 0 amide bonds. The van der Waals surface area contributed by atoms with E-state index in [1.54, 1.807) is 24.8 Å². The van der Waals surface area contributed by atoms with Crippen LogP contribution in [0.15, 0.2) is 61.2 Å². The van der Waals surface area contributed by atoms with Gasteiger partial charge in [-0.3, -0.25) is 4.79 Å². The van der Waals surface area contributed by atoms with Gasteiger partial charge in [0.05, 0.1) is 47.3 Å². The highest BCUT2D eigenvalue weighted by Gasteiger charge is 2.23. The Kier molecular flexibility index (Phi) is 3.89. The van der Waals surface area contributed by atoms with Gasteiger partial charge in [-0.15, -0.1) is 0 Å². The molecule has 7 nitrogen and oxygen atoms in total.